The van der Waals surface area contributed by atoms with Crippen molar-refractivity contribution in [1.29, 1.82) is 0 Å². The highest BCUT2D eigenvalue weighted by Gasteiger charge is 2.09. The van der Waals surface area contributed by atoms with E-state index < -0.39 is 6.10 Å². The van der Waals surface area contributed by atoms with Gasteiger partial charge in [-0.3, -0.25) is 0 Å². The molecule has 1 aromatic carbocycles. The fraction of sp³-hybridized carbons (Fsp3) is 0.308. The minimum absolute atomic E-state index is 0.250. The van der Waals surface area contributed by atoms with Crippen molar-refractivity contribution in [3.8, 4) is 5.88 Å². The number of ether oxygens (including phenoxy) is 1. The van der Waals surface area contributed by atoms with Gasteiger partial charge in [0.25, 0.3) is 0 Å². The molecule has 1 aromatic heterocycles. The van der Waals surface area contributed by atoms with Crippen LogP contribution < -0.4 is 4.74 Å². The molecule has 1 atom stereocenters. The first-order valence-electron chi connectivity index (χ1n) is 5.46. The quantitative estimate of drug-likeness (QED) is 0.831. The van der Waals surface area contributed by atoms with E-state index in [4.69, 9.17) is 9.84 Å². The third-order valence-electron chi connectivity index (χ3n) is 2.65. The van der Waals surface area contributed by atoms with Crippen molar-refractivity contribution >= 4 is 10.9 Å². The number of aliphatic hydroxyl groups excluding tert-OH is 2. The average Bonchev–Trinajstić information content (AvgIpc) is 2.38. The minimum Gasteiger partial charge on any atom is -0.481 e. The van der Waals surface area contributed by atoms with E-state index in [-0.39, 0.29) is 6.61 Å². The van der Waals surface area contributed by atoms with E-state index in [0.29, 0.717) is 12.3 Å². The van der Waals surface area contributed by atoms with Gasteiger partial charge in [-0.15, -0.1) is 0 Å². The lowest BCUT2D eigenvalue weighted by molar-refractivity contribution is 0.0957. The number of aliphatic hydroxyl groups is 2. The Morgan fingerprint density at radius 2 is 2.12 bits per heavy atom. The second-order valence-electron chi connectivity index (χ2n) is 3.88. The lowest BCUT2D eigenvalue weighted by Gasteiger charge is -2.10. The Kier molecular flexibility index (Phi) is 3.56. The number of para-hydroxylation sites is 1. The first kappa shape index (κ1) is 11.8. The SMILES string of the molecule is COc1ccc2cccc(CC(O)CO)c2n1. The van der Waals surface area contributed by atoms with Crippen molar-refractivity contribution < 1.29 is 14.9 Å². The van der Waals surface area contributed by atoms with Crippen LogP contribution in [0.3, 0.4) is 0 Å². The molecule has 0 bridgehead atoms. The van der Waals surface area contributed by atoms with E-state index in [1.54, 1.807) is 13.2 Å². The standard InChI is InChI=1S/C13H15NO3/c1-17-12-6-5-9-3-2-4-10(13(9)14-12)7-11(16)8-15/h2-6,11,15-16H,7-8H2,1H3. The Morgan fingerprint density at radius 3 is 2.82 bits per heavy atom. The number of fused-ring (bicyclic) bond motifs is 1. The van der Waals surface area contributed by atoms with Crippen molar-refractivity contribution in [2.24, 2.45) is 0 Å². The van der Waals surface area contributed by atoms with E-state index in [1.807, 2.05) is 24.3 Å². The fourth-order valence-electron chi connectivity index (χ4n) is 1.79. The smallest absolute Gasteiger partial charge is 0.213 e. The summed E-state index contributed by atoms with van der Waals surface area (Å²) in [5, 5.41) is 19.4. The number of benzene rings is 1. The maximum Gasteiger partial charge on any atom is 0.213 e. The van der Waals surface area contributed by atoms with Crippen LogP contribution >= 0.6 is 0 Å². The second kappa shape index (κ2) is 5.12. The molecule has 0 aliphatic heterocycles. The molecular formula is C13H15NO3. The van der Waals surface area contributed by atoms with Crippen LogP contribution in [-0.4, -0.2) is 35.0 Å². The van der Waals surface area contributed by atoms with Crippen molar-refractivity contribution in [3.05, 3.63) is 35.9 Å². The molecule has 17 heavy (non-hydrogen) atoms. The molecule has 0 aliphatic rings. The zero-order valence-electron chi connectivity index (χ0n) is 9.63. The molecule has 4 nitrogen and oxygen atoms in total. The minimum atomic E-state index is -0.756. The molecule has 0 fully saturated rings. The highest BCUT2D eigenvalue weighted by Crippen LogP contribution is 2.21. The van der Waals surface area contributed by atoms with E-state index >= 15 is 0 Å². The van der Waals surface area contributed by atoms with Crippen molar-refractivity contribution in [1.82, 2.24) is 4.98 Å². The van der Waals surface area contributed by atoms with Crippen molar-refractivity contribution in [2.45, 2.75) is 12.5 Å². The summed E-state index contributed by atoms with van der Waals surface area (Å²) in [5.74, 6) is 0.545. The van der Waals surface area contributed by atoms with Gasteiger partial charge >= 0.3 is 0 Å². The van der Waals surface area contributed by atoms with Gasteiger partial charge in [0.1, 0.15) is 0 Å². The van der Waals surface area contributed by atoms with Crippen LogP contribution in [0.1, 0.15) is 5.56 Å². The van der Waals surface area contributed by atoms with Gasteiger partial charge in [0.15, 0.2) is 0 Å². The number of hydrogen-bond acceptors (Lipinski definition) is 4. The summed E-state index contributed by atoms with van der Waals surface area (Å²) in [6, 6.07) is 9.49. The van der Waals surface area contributed by atoms with E-state index in [0.717, 1.165) is 16.5 Å². The first-order valence-corrected chi connectivity index (χ1v) is 5.46. The van der Waals surface area contributed by atoms with Gasteiger partial charge in [-0.05, 0) is 11.6 Å². The zero-order chi connectivity index (χ0) is 12.3. The second-order valence-corrected chi connectivity index (χ2v) is 3.88. The molecule has 2 aromatic rings. The monoisotopic (exact) mass is 233 g/mol. The molecular weight excluding hydrogens is 218 g/mol. The number of pyridine rings is 1. The summed E-state index contributed by atoms with van der Waals surface area (Å²) in [5.41, 5.74) is 1.71. The lowest BCUT2D eigenvalue weighted by Crippen LogP contribution is -2.15. The number of methoxy groups -OCH3 is 1. The summed E-state index contributed by atoms with van der Waals surface area (Å²) in [6.45, 7) is -0.250. The molecule has 0 spiro atoms. The van der Waals surface area contributed by atoms with Crippen LogP contribution in [0.4, 0.5) is 0 Å². The van der Waals surface area contributed by atoms with Crippen molar-refractivity contribution in [2.75, 3.05) is 13.7 Å². The topological polar surface area (TPSA) is 62.6 Å². The average molecular weight is 233 g/mol. The highest BCUT2D eigenvalue weighted by molar-refractivity contribution is 5.82. The summed E-state index contributed by atoms with van der Waals surface area (Å²) < 4.78 is 5.09. The molecule has 0 saturated heterocycles. The molecule has 0 radical (unpaired) electrons. The van der Waals surface area contributed by atoms with Gasteiger partial charge in [0.05, 0.1) is 25.3 Å². The fourth-order valence-corrected chi connectivity index (χ4v) is 1.79. The molecule has 1 heterocycles. The van der Waals surface area contributed by atoms with Crippen LogP contribution in [0.5, 0.6) is 5.88 Å². The van der Waals surface area contributed by atoms with Crippen molar-refractivity contribution in [3.63, 3.8) is 0 Å². The predicted molar refractivity (Wildman–Crippen MR) is 65.1 cm³/mol. The van der Waals surface area contributed by atoms with E-state index in [9.17, 15) is 5.11 Å². The van der Waals surface area contributed by atoms with Crippen LogP contribution in [-0.2, 0) is 6.42 Å². The van der Waals surface area contributed by atoms with Gasteiger partial charge in [-0.2, -0.15) is 0 Å². The number of rotatable bonds is 4. The lowest BCUT2D eigenvalue weighted by atomic mass is 10.0. The molecule has 90 valence electrons. The molecule has 2 rings (SSSR count). The third-order valence-corrected chi connectivity index (χ3v) is 2.65. The molecule has 4 heteroatoms. The summed E-state index contributed by atoms with van der Waals surface area (Å²) in [7, 11) is 1.57. The van der Waals surface area contributed by atoms with Gasteiger partial charge in [0, 0.05) is 17.9 Å². The van der Waals surface area contributed by atoms with Crippen LogP contribution in [0.15, 0.2) is 30.3 Å². The van der Waals surface area contributed by atoms with Gasteiger partial charge < -0.3 is 14.9 Å². The molecule has 2 N–H and O–H groups in total. The summed E-state index contributed by atoms with van der Waals surface area (Å²) in [4.78, 5) is 4.37. The normalized spacial score (nSPS) is 12.6. The largest absolute Gasteiger partial charge is 0.481 e. The van der Waals surface area contributed by atoms with Crippen LogP contribution in [0.25, 0.3) is 10.9 Å². The summed E-state index contributed by atoms with van der Waals surface area (Å²) in [6.07, 6.45) is -0.373. The van der Waals surface area contributed by atoms with E-state index in [1.165, 1.54) is 0 Å². The maximum atomic E-state index is 9.49. The Labute approximate surface area is 99.5 Å². The Hall–Kier alpha value is -1.65. The maximum absolute atomic E-state index is 9.49. The molecule has 0 amide bonds. The van der Waals surface area contributed by atoms with E-state index in [2.05, 4.69) is 4.98 Å². The zero-order valence-corrected chi connectivity index (χ0v) is 9.63. The predicted octanol–water partition coefficient (Wildman–Crippen LogP) is 1.14. The molecule has 0 aliphatic carbocycles. The van der Waals surface area contributed by atoms with Crippen LogP contribution in [0.2, 0.25) is 0 Å². The molecule has 0 saturated carbocycles. The number of hydrogen-bond donors (Lipinski definition) is 2. The Bertz CT molecular complexity index is 513. The van der Waals surface area contributed by atoms with Gasteiger partial charge in [-0.25, -0.2) is 4.98 Å². The highest BCUT2D eigenvalue weighted by atomic mass is 16.5. The van der Waals surface area contributed by atoms with Gasteiger partial charge in [0.2, 0.25) is 5.88 Å². The first-order chi connectivity index (χ1) is 8.24. The number of nitrogens with zero attached hydrogens (tertiary/aromatic N) is 1. The summed E-state index contributed by atoms with van der Waals surface area (Å²) >= 11 is 0. The number of aromatic nitrogens is 1. The van der Waals surface area contributed by atoms with Crippen LogP contribution in [0, 0.1) is 0 Å². The Balaban J connectivity index is 2.46. The van der Waals surface area contributed by atoms with Gasteiger partial charge in [-0.1, -0.05) is 18.2 Å². The third kappa shape index (κ3) is 2.54. The molecule has 1 unspecified atom stereocenters. The Morgan fingerprint density at radius 1 is 1.29 bits per heavy atom.